The Hall–Kier alpha value is -1.74. The summed E-state index contributed by atoms with van der Waals surface area (Å²) >= 11 is 6.15. The minimum absolute atomic E-state index is 0.261. The van der Waals surface area contributed by atoms with E-state index >= 15 is 0 Å². The van der Waals surface area contributed by atoms with Gasteiger partial charge >= 0.3 is 0 Å². The lowest BCUT2D eigenvalue weighted by Gasteiger charge is -2.27. The first kappa shape index (κ1) is 12.3. The Balaban J connectivity index is 1.90. The summed E-state index contributed by atoms with van der Waals surface area (Å²) in [5.41, 5.74) is 9.32. The second-order valence-corrected chi connectivity index (χ2v) is 5.29. The SMILES string of the molecule is Nc1ccc2c(c1)CCCC2Nc1ncccc1Cl. The number of pyridine rings is 1. The first-order valence-electron chi connectivity index (χ1n) is 6.49. The van der Waals surface area contributed by atoms with Crippen molar-refractivity contribution >= 4 is 23.1 Å². The summed E-state index contributed by atoms with van der Waals surface area (Å²) in [5.74, 6) is 0.749. The summed E-state index contributed by atoms with van der Waals surface area (Å²) < 4.78 is 0. The van der Waals surface area contributed by atoms with E-state index in [1.807, 2.05) is 18.2 Å². The van der Waals surface area contributed by atoms with Crippen molar-refractivity contribution in [3.8, 4) is 0 Å². The molecule has 19 heavy (non-hydrogen) atoms. The molecular formula is C15H16ClN3. The van der Waals surface area contributed by atoms with E-state index in [9.17, 15) is 0 Å². The molecule has 1 unspecified atom stereocenters. The number of nitrogens with one attached hydrogen (secondary N) is 1. The zero-order valence-corrected chi connectivity index (χ0v) is 11.3. The number of nitrogen functional groups attached to an aromatic ring is 1. The second-order valence-electron chi connectivity index (χ2n) is 4.88. The largest absolute Gasteiger partial charge is 0.399 e. The van der Waals surface area contributed by atoms with Crippen LogP contribution < -0.4 is 11.1 Å². The van der Waals surface area contributed by atoms with Gasteiger partial charge in [-0.05, 0) is 54.7 Å². The van der Waals surface area contributed by atoms with Gasteiger partial charge in [-0.1, -0.05) is 17.7 Å². The molecule has 3 nitrogen and oxygen atoms in total. The van der Waals surface area contributed by atoms with Crippen molar-refractivity contribution in [1.29, 1.82) is 0 Å². The lowest BCUT2D eigenvalue weighted by atomic mass is 9.87. The molecule has 0 amide bonds. The summed E-state index contributed by atoms with van der Waals surface area (Å²) in [4.78, 5) is 4.30. The zero-order valence-electron chi connectivity index (χ0n) is 10.6. The molecule has 0 bridgehead atoms. The van der Waals surface area contributed by atoms with Gasteiger partial charge in [0.05, 0.1) is 11.1 Å². The lowest BCUT2D eigenvalue weighted by molar-refractivity contribution is 0.599. The average molecular weight is 274 g/mol. The Kier molecular flexibility index (Phi) is 3.30. The molecule has 1 aromatic carbocycles. The average Bonchev–Trinajstić information content (AvgIpc) is 2.41. The molecule has 0 aliphatic heterocycles. The van der Waals surface area contributed by atoms with Gasteiger partial charge in [-0.25, -0.2) is 4.98 Å². The Morgan fingerprint density at radius 1 is 1.32 bits per heavy atom. The number of aromatic nitrogens is 1. The van der Waals surface area contributed by atoms with Crippen LogP contribution in [0.15, 0.2) is 36.5 Å². The number of hydrogen-bond donors (Lipinski definition) is 2. The summed E-state index contributed by atoms with van der Waals surface area (Å²) in [7, 11) is 0. The van der Waals surface area contributed by atoms with Gasteiger partial charge in [-0.2, -0.15) is 0 Å². The summed E-state index contributed by atoms with van der Waals surface area (Å²) in [6.45, 7) is 0. The fraction of sp³-hybridized carbons (Fsp3) is 0.267. The molecule has 0 radical (unpaired) electrons. The highest BCUT2D eigenvalue weighted by Gasteiger charge is 2.21. The van der Waals surface area contributed by atoms with Gasteiger partial charge in [0.15, 0.2) is 0 Å². The third-order valence-electron chi connectivity index (χ3n) is 3.55. The zero-order chi connectivity index (χ0) is 13.2. The highest BCUT2D eigenvalue weighted by Crippen LogP contribution is 2.34. The van der Waals surface area contributed by atoms with Gasteiger partial charge < -0.3 is 11.1 Å². The molecule has 98 valence electrons. The minimum atomic E-state index is 0.261. The molecule has 1 aliphatic rings. The number of benzene rings is 1. The molecule has 0 fully saturated rings. The Labute approximate surface area is 117 Å². The van der Waals surface area contributed by atoms with Crippen molar-refractivity contribution in [1.82, 2.24) is 4.98 Å². The van der Waals surface area contributed by atoms with Gasteiger partial charge in [0.1, 0.15) is 5.82 Å². The van der Waals surface area contributed by atoms with Crippen molar-refractivity contribution < 1.29 is 0 Å². The van der Waals surface area contributed by atoms with Crippen LogP contribution in [0, 0.1) is 0 Å². The van der Waals surface area contributed by atoms with Crippen LogP contribution in [-0.2, 0) is 6.42 Å². The molecule has 3 N–H and O–H groups in total. The van der Waals surface area contributed by atoms with Crippen LogP contribution in [0.25, 0.3) is 0 Å². The first-order valence-corrected chi connectivity index (χ1v) is 6.87. The molecule has 4 heteroatoms. The molecule has 1 atom stereocenters. The Morgan fingerprint density at radius 3 is 3.05 bits per heavy atom. The molecule has 0 saturated carbocycles. The maximum absolute atomic E-state index is 6.15. The number of anilines is 2. The normalized spacial score (nSPS) is 17.8. The van der Waals surface area contributed by atoms with E-state index < -0.39 is 0 Å². The van der Waals surface area contributed by atoms with Crippen LogP contribution in [0.1, 0.15) is 30.0 Å². The topological polar surface area (TPSA) is 50.9 Å². The van der Waals surface area contributed by atoms with E-state index in [1.165, 1.54) is 11.1 Å². The van der Waals surface area contributed by atoms with Crippen molar-refractivity contribution in [2.24, 2.45) is 0 Å². The van der Waals surface area contributed by atoms with Crippen molar-refractivity contribution in [2.75, 3.05) is 11.1 Å². The predicted molar refractivity (Wildman–Crippen MR) is 79.4 cm³/mol. The van der Waals surface area contributed by atoms with Gasteiger partial charge in [-0.15, -0.1) is 0 Å². The molecule has 2 aromatic rings. The quantitative estimate of drug-likeness (QED) is 0.818. The first-order chi connectivity index (χ1) is 9.24. The van der Waals surface area contributed by atoms with Gasteiger partial charge in [0.2, 0.25) is 0 Å². The monoisotopic (exact) mass is 273 g/mol. The van der Waals surface area contributed by atoms with Gasteiger partial charge in [0.25, 0.3) is 0 Å². The van der Waals surface area contributed by atoms with E-state index in [1.54, 1.807) is 6.20 Å². The number of halogens is 1. The van der Waals surface area contributed by atoms with Crippen LogP contribution in [0.2, 0.25) is 5.02 Å². The van der Waals surface area contributed by atoms with Crippen molar-refractivity contribution in [2.45, 2.75) is 25.3 Å². The van der Waals surface area contributed by atoms with Crippen LogP contribution in [-0.4, -0.2) is 4.98 Å². The maximum atomic E-state index is 6.15. The van der Waals surface area contributed by atoms with E-state index in [4.69, 9.17) is 17.3 Å². The smallest absolute Gasteiger partial charge is 0.145 e. The number of nitrogens with two attached hydrogens (primary N) is 1. The highest BCUT2D eigenvalue weighted by atomic mass is 35.5. The standard InChI is InChI=1S/C15H16ClN3/c16-13-4-2-8-18-15(13)19-14-5-1-3-10-9-11(17)6-7-12(10)14/h2,4,6-9,14H,1,3,5,17H2,(H,18,19). The van der Waals surface area contributed by atoms with Crippen LogP contribution in [0.5, 0.6) is 0 Å². The number of hydrogen-bond acceptors (Lipinski definition) is 3. The molecule has 1 heterocycles. The molecule has 0 spiro atoms. The van der Waals surface area contributed by atoms with Crippen LogP contribution in [0.3, 0.4) is 0 Å². The van der Waals surface area contributed by atoms with E-state index in [-0.39, 0.29) is 6.04 Å². The van der Waals surface area contributed by atoms with Crippen LogP contribution >= 0.6 is 11.6 Å². The van der Waals surface area contributed by atoms with E-state index in [0.29, 0.717) is 5.02 Å². The predicted octanol–water partition coefficient (Wildman–Crippen LogP) is 3.81. The number of fused-ring (bicyclic) bond motifs is 1. The molecule has 1 aliphatic carbocycles. The van der Waals surface area contributed by atoms with Crippen molar-refractivity contribution in [3.05, 3.63) is 52.7 Å². The number of nitrogens with zero attached hydrogens (tertiary/aromatic N) is 1. The lowest BCUT2D eigenvalue weighted by Crippen LogP contribution is -2.18. The fourth-order valence-electron chi connectivity index (χ4n) is 2.64. The van der Waals surface area contributed by atoms with E-state index in [2.05, 4.69) is 22.4 Å². The molecule has 0 saturated heterocycles. The van der Waals surface area contributed by atoms with Crippen LogP contribution in [0.4, 0.5) is 11.5 Å². The summed E-state index contributed by atoms with van der Waals surface area (Å²) in [5, 5.41) is 4.10. The second kappa shape index (κ2) is 5.10. The van der Waals surface area contributed by atoms with Crippen molar-refractivity contribution in [3.63, 3.8) is 0 Å². The van der Waals surface area contributed by atoms with E-state index in [0.717, 1.165) is 30.8 Å². The van der Waals surface area contributed by atoms with Gasteiger partial charge in [-0.3, -0.25) is 0 Å². The number of rotatable bonds is 2. The Morgan fingerprint density at radius 2 is 2.21 bits per heavy atom. The fourth-order valence-corrected chi connectivity index (χ4v) is 2.82. The van der Waals surface area contributed by atoms with Gasteiger partial charge in [0, 0.05) is 11.9 Å². The molecular weight excluding hydrogens is 258 g/mol. The molecule has 3 rings (SSSR count). The third-order valence-corrected chi connectivity index (χ3v) is 3.86. The Bertz CT molecular complexity index is 598. The summed E-state index contributed by atoms with van der Waals surface area (Å²) in [6.07, 6.45) is 5.08. The summed E-state index contributed by atoms with van der Waals surface area (Å²) in [6, 6.07) is 10.1. The molecule has 1 aromatic heterocycles. The third kappa shape index (κ3) is 2.51. The maximum Gasteiger partial charge on any atom is 0.145 e. The number of aryl methyl sites for hydroxylation is 1. The minimum Gasteiger partial charge on any atom is -0.399 e. The highest BCUT2D eigenvalue weighted by molar-refractivity contribution is 6.32.